The molecule has 0 radical (unpaired) electrons. The monoisotopic (exact) mass is 348 g/mol. The highest BCUT2D eigenvalue weighted by Crippen LogP contribution is 2.18. The first-order valence-corrected chi connectivity index (χ1v) is 8.39. The maximum Gasteiger partial charge on any atom is 0.411 e. The van der Waals surface area contributed by atoms with Crippen LogP contribution in [0.4, 0.5) is 10.5 Å². The second-order valence-electron chi connectivity index (χ2n) is 4.99. The van der Waals surface area contributed by atoms with Gasteiger partial charge in [-0.25, -0.2) is 4.79 Å². The minimum atomic E-state index is -0.526. The molecule has 0 fully saturated rings. The van der Waals surface area contributed by atoms with Gasteiger partial charge in [0.2, 0.25) is 0 Å². The van der Waals surface area contributed by atoms with Gasteiger partial charge in [-0.05, 0) is 30.5 Å². The molecule has 0 aliphatic rings. The van der Waals surface area contributed by atoms with Gasteiger partial charge in [-0.2, -0.15) is 0 Å². The van der Waals surface area contributed by atoms with E-state index in [4.69, 9.17) is 9.47 Å². The lowest BCUT2D eigenvalue weighted by molar-refractivity contribution is -0.132. The molecule has 0 unspecified atom stereocenters. The number of rotatable bonds is 7. The Labute approximate surface area is 145 Å². The largest absolute Gasteiger partial charge is 0.484 e. The van der Waals surface area contributed by atoms with Gasteiger partial charge in [-0.3, -0.25) is 10.1 Å². The summed E-state index contributed by atoms with van der Waals surface area (Å²) in [4.78, 5) is 26.2. The van der Waals surface area contributed by atoms with Gasteiger partial charge in [-0.1, -0.05) is 12.1 Å². The summed E-state index contributed by atoms with van der Waals surface area (Å²) in [5.41, 5.74) is 0.547. The molecule has 0 saturated carbocycles. The summed E-state index contributed by atoms with van der Waals surface area (Å²) in [6.07, 6.45) is -0.526. The molecular formula is C17H20N2O4S. The van der Waals surface area contributed by atoms with Gasteiger partial charge in [0.15, 0.2) is 6.61 Å². The number of anilines is 1. The van der Waals surface area contributed by atoms with Crippen molar-refractivity contribution < 1.29 is 19.1 Å². The highest BCUT2D eigenvalue weighted by Gasteiger charge is 2.11. The van der Waals surface area contributed by atoms with E-state index in [1.54, 1.807) is 54.5 Å². The molecule has 0 saturated heterocycles. The van der Waals surface area contributed by atoms with Crippen LogP contribution in [0.15, 0.2) is 41.8 Å². The maximum atomic E-state index is 12.1. The number of likely N-dealkylation sites (N-methyl/N-ethyl adjacent to an activating group) is 1. The number of carbonyl (C=O) groups is 2. The number of thiophene rings is 1. The van der Waals surface area contributed by atoms with E-state index in [9.17, 15) is 9.59 Å². The molecule has 0 spiro atoms. The number of benzene rings is 1. The first-order chi connectivity index (χ1) is 11.6. The maximum absolute atomic E-state index is 12.1. The molecule has 0 atom stereocenters. The summed E-state index contributed by atoms with van der Waals surface area (Å²) in [7, 11) is 1.74. The second kappa shape index (κ2) is 8.93. The fourth-order valence-electron chi connectivity index (χ4n) is 1.93. The SMILES string of the molecule is CCOC(=O)Nc1cccc(OCC(=O)N(C)Cc2cccs2)c1. The number of nitrogens with one attached hydrogen (secondary N) is 1. The zero-order chi connectivity index (χ0) is 17.4. The number of hydrogen-bond donors (Lipinski definition) is 1. The van der Waals surface area contributed by atoms with E-state index >= 15 is 0 Å². The molecular weight excluding hydrogens is 328 g/mol. The summed E-state index contributed by atoms with van der Waals surface area (Å²) in [6, 6.07) is 10.8. The second-order valence-corrected chi connectivity index (χ2v) is 6.02. The standard InChI is InChI=1S/C17H20N2O4S/c1-3-22-17(21)18-13-6-4-7-14(10-13)23-12-16(20)19(2)11-15-8-5-9-24-15/h4-10H,3,11-12H2,1-2H3,(H,18,21). The highest BCUT2D eigenvalue weighted by atomic mass is 32.1. The van der Waals surface area contributed by atoms with Crippen LogP contribution in [0.5, 0.6) is 5.75 Å². The topological polar surface area (TPSA) is 67.9 Å². The molecule has 7 heteroatoms. The van der Waals surface area contributed by atoms with Gasteiger partial charge < -0.3 is 14.4 Å². The molecule has 0 aliphatic carbocycles. The van der Waals surface area contributed by atoms with E-state index in [-0.39, 0.29) is 12.5 Å². The minimum absolute atomic E-state index is 0.0647. The van der Waals surface area contributed by atoms with E-state index < -0.39 is 6.09 Å². The van der Waals surface area contributed by atoms with Gasteiger partial charge in [0.05, 0.1) is 13.2 Å². The Hall–Kier alpha value is -2.54. The molecule has 2 amide bonds. The van der Waals surface area contributed by atoms with E-state index in [1.807, 2.05) is 17.5 Å². The predicted octanol–water partition coefficient (Wildman–Crippen LogP) is 3.35. The molecule has 0 bridgehead atoms. The quantitative estimate of drug-likeness (QED) is 0.833. The van der Waals surface area contributed by atoms with Crippen molar-refractivity contribution in [3.63, 3.8) is 0 Å². The number of carbonyl (C=O) groups excluding carboxylic acids is 2. The lowest BCUT2D eigenvalue weighted by Gasteiger charge is -2.16. The van der Waals surface area contributed by atoms with Crippen LogP contribution in [0.25, 0.3) is 0 Å². The van der Waals surface area contributed by atoms with Crippen molar-refractivity contribution in [1.29, 1.82) is 0 Å². The van der Waals surface area contributed by atoms with Crippen molar-refractivity contribution in [2.75, 3.05) is 25.6 Å². The summed E-state index contributed by atoms with van der Waals surface area (Å²) < 4.78 is 10.3. The summed E-state index contributed by atoms with van der Waals surface area (Å²) in [5.74, 6) is 0.384. The predicted molar refractivity (Wildman–Crippen MR) is 93.4 cm³/mol. The van der Waals surface area contributed by atoms with Crippen LogP contribution in [0.1, 0.15) is 11.8 Å². The average Bonchev–Trinajstić information content (AvgIpc) is 3.06. The Kier molecular flexibility index (Phi) is 6.62. The molecule has 1 N–H and O–H groups in total. The zero-order valence-corrected chi connectivity index (χ0v) is 14.5. The smallest absolute Gasteiger partial charge is 0.411 e. The van der Waals surface area contributed by atoms with Gasteiger partial charge >= 0.3 is 6.09 Å². The first kappa shape index (κ1) is 17.8. The Morgan fingerprint density at radius 2 is 2.08 bits per heavy atom. The third-order valence-electron chi connectivity index (χ3n) is 3.12. The Morgan fingerprint density at radius 1 is 1.25 bits per heavy atom. The zero-order valence-electron chi connectivity index (χ0n) is 13.7. The minimum Gasteiger partial charge on any atom is -0.484 e. The molecule has 2 aromatic rings. The van der Waals surface area contributed by atoms with Crippen LogP contribution < -0.4 is 10.1 Å². The van der Waals surface area contributed by atoms with E-state index in [2.05, 4.69) is 5.32 Å². The third kappa shape index (κ3) is 5.58. The first-order valence-electron chi connectivity index (χ1n) is 7.51. The number of amides is 2. The molecule has 24 heavy (non-hydrogen) atoms. The van der Waals surface area contributed by atoms with Crippen LogP contribution in [0.3, 0.4) is 0 Å². The van der Waals surface area contributed by atoms with Crippen LogP contribution >= 0.6 is 11.3 Å². The lowest BCUT2D eigenvalue weighted by atomic mass is 10.3. The number of hydrogen-bond acceptors (Lipinski definition) is 5. The lowest BCUT2D eigenvalue weighted by Crippen LogP contribution is -2.30. The van der Waals surface area contributed by atoms with Crippen LogP contribution in [-0.2, 0) is 16.1 Å². The Bertz CT molecular complexity index is 673. The third-order valence-corrected chi connectivity index (χ3v) is 3.98. The number of nitrogens with zero attached hydrogens (tertiary/aromatic N) is 1. The molecule has 128 valence electrons. The summed E-state index contributed by atoms with van der Waals surface area (Å²) in [5, 5.41) is 4.57. The Balaban J connectivity index is 1.84. The Morgan fingerprint density at radius 3 is 2.79 bits per heavy atom. The van der Waals surface area contributed by atoms with Crippen LogP contribution in [-0.4, -0.2) is 37.2 Å². The number of ether oxygens (including phenoxy) is 2. The molecule has 1 aromatic carbocycles. The van der Waals surface area contributed by atoms with Crippen molar-refractivity contribution in [1.82, 2.24) is 4.90 Å². The molecule has 1 aromatic heterocycles. The van der Waals surface area contributed by atoms with Gasteiger partial charge in [0.1, 0.15) is 5.75 Å². The van der Waals surface area contributed by atoms with Crippen LogP contribution in [0.2, 0.25) is 0 Å². The van der Waals surface area contributed by atoms with Crippen molar-refractivity contribution >= 4 is 29.0 Å². The fourth-order valence-corrected chi connectivity index (χ4v) is 2.69. The summed E-state index contributed by atoms with van der Waals surface area (Å²) in [6.45, 7) is 2.53. The highest BCUT2D eigenvalue weighted by molar-refractivity contribution is 7.09. The van der Waals surface area contributed by atoms with Crippen molar-refractivity contribution in [2.24, 2.45) is 0 Å². The van der Waals surface area contributed by atoms with Gasteiger partial charge in [0.25, 0.3) is 5.91 Å². The van der Waals surface area contributed by atoms with E-state index in [0.717, 1.165) is 4.88 Å². The molecule has 0 aliphatic heterocycles. The average molecular weight is 348 g/mol. The van der Waals surface area contributed by atoms with Gasteiger partial charge in [0, 0.05) is 23.7 Å². The molecule has 1 heterocycles. The van der Waals surface area contributed by atoms with Crippen molar-refractivity contribution in [2.45, 2.75) is 13.5 Å². The van der Waals surface area contributed by atoms with E-state index in [1.165, 1.54) is 0 Å². The van der Waals surface area contributed by atoms with E-state index in [0.29, 0.717) is 24.6 Å². The fraction of sp³-hybridized carbons (Fsp3) is 0.294. The molecule has 2 rings (SSSR count). The van der Waals surface area contributed by atoms with Gasteiger partial charge in [-0.15, -0.1) is 11.3 Å². The van der Waals surface area contributed by atoms with Crippen molar-refractivity contribution in [3.05, 3.63) is 46.7 Å². The summed E-state index contributed by atoms with van der Waals surface area (Å²) >= 11 is 1.61. The van der Waals surface area contributed by atoms with Crippen LogP contribution in [0, 0.1) is 0 Å². The van der Waals surface area contributed by atoms with Crippen molar-refractivity contribution in [3.8, 4) is 5.75 Å². The normalized spacial score (nSPS) is 10.1. The molecule has 6 nitrogen and oxygen atoms in total.